The van der Waals surface area contributed by atoms with Crippen molar-refractivity contribution in [1.29, 1.82) is 0 Å². The van der Waals surface area contributed by atoms with Crippen molar-refractivity contribution < 1.29 is 23.8 Å². The van der Waals surface area contributed by atoms with Crippen LogP contribution >= 0.6 is 0 Å². The van der Waals surface area contributed by atoms with E-state index >= 15 is 0 Å². The summed E-state index contributed by atoms with van der Waals surface area (Å²) in [6, 6.07) is 3.46. The van der Waals surface area contributed by atoms with Gasteiger partial charge in [-0.05, 0) is 31.4 Å². The van der Waals surface area contributed by atoms with E-state index in [1.807, 2.05) is 0 Å². The lowest BCUT2D eigenvalue weighted by molar-refractivity contribution is -0.163. The molecule has 2 aliphatic rings. The van der Waals surface area contributed by atoms with E-state index in [0.29, 0.717) is 25.0 Å². The predicted molar refractivity (Wildman–Crippen MR) is 64.3 cm³/mol. The summed E-state index contributed by atoms with van der Waals surface area (Å²) in [5, 5.41) is 10.1. The SMILES string of the molecule is COC(=O)[C@]12CC[C@H](C1=O)[C@@H](O)C[C@H]2c1ccco1. The molecule has 1 aromatic rings. The highest BCUT2D eigenvalue weighted by atomic mass is 16.5. The Kier molecular flexibility index (Phi) is 2.74. The number of ketones is 1. The Morgan fingerprint density at radius 2 is 2.37 bits per heavy atom. The van der Waals surface area contributed by atoms with Crippen molar-refractivity contribution in [2.45, 2.75) is 31.3 Å². The topological polar surface area (TPSA) is 76.7 Å². The summed E-state index contributed by atoms with van der Waals surface area (Å²) >= 11 is 0. The number of fused-ring (bicyclic) bond motifs is 2. The monoisotopic (exact) mass is 264 g/mol. The van der Waals surface area contributed by atoms with E-state index in [1.165, 1.54) is 13.4 Å². The molecular weight excluding hydrogens is 248 g/mol. The van der Waals surface area contributed by atoms with Gasteiger partial charge in [0.1, 0.15) is 11.2 Å². The van der Waals surface area contributed by atoms with Crippen LogP contribution in [0.2, 0.25) is 0 Å². The van der Waals surface area contributed by atoms with Crippen molar-refractivity contribution in [3.8, 4) is 0 Å². The van der Waals surface area contributed by atoms with Crippen molar-refractivity contribution in [3.63, 3.8) is 0 Å². The molecule has 0 unspecified atom stereocenters. The number of Topliss-reactive ketones (excluding diaryl/α,β-unsaturated/α-hetero) is 1. The Morgan fingerprint density at radius 3 is 3.00 bits per heavy atom. The fourth-order valence-corrected chi connectivity index (χ4v) is 3.66. The van der Waals surface area contributed by atoms with Gasteiger partial charge in [0.25, 0.3) is 0 Å². The third-order valence-electron chi connectivity index (χ3n) is 4.60. The van der Waals surface area contributed by atoms with Crippen LogP contribution < -0.4 is 0 Å². The molecule has 102 valence electrons. The van der Waals surface area contributed by atoms with Gasteiger partial charge in [-0.2, -0.15) is 0 Å². The standard InChI is InChI=1S/C14H16O5/c1-18-13(17)14-5-4-8(12(14)16)10(15)7-9(14)11-3-2-6-19-11/h2-3,6,8-10,15H,4-5,7H2,1H3/t8-,9-,10-,14-/m0/s1. The van der Waals surface area contributed by atoms with Crippen LogP contribution in [-0.4, -0.2) is 30.1 Å². The molecule has 2 saturated carbocycles. The number of rotatable bonds is 2. The van der Waals surface area contributed by atoms with E-state index in [-0.39, 0.29) is 5.78 Å². The molecule has 1 heterocycles. The van der Waals surface area contributed by atoms with E-state index < -0.39 is 29.3 Å². The molecule has 0 aromatic carbocycles. The number of methoxy groups -OCH3 is 1. The number of carbonyl (C=O) groups is 2. The van der Waals surface area contributed by atoms with Gasteiger partial charge >= 0.3 is 5.97 Å². The second-order valence-electron chi connectivity index (χ2n) is 5.34. The average Bonchev–Trinajstić information content (AvgIpc) is 3.00. The minimum atomic E-state index is -1.17. The summed E-state index contributed by atoms with van der Waals surface area (Å²) in [4.78, 5) is 24.7. The lowest BCUT2D eigenvalue weighted by Gasteiger charge is -2.38. The normalized spacial score (nSPS) is 37.4. The van der Waals surface area contributed by atoms with Gasteiger partial charge in [-0.3, -0.25) is 9.59 Å². The van der Waals surface area contributed by atoms with Gasteiger partial charge in [-0.25, -0.2) is 0 Å². The van der Waals surface area contributed by atoms with Gasteiger partial charge in [0.05, 0.1) is 19.5 Å². The van der Waals surface area contributed by atoms with Crippen LogP contribution in [0, 0.1) is 11.3 Å². The molecule has 1 aromatic heterocycles. The number of hydrogen-bond donors (Lipinski definition) is 1. The number of aliphatic hydroxyl groups is 1. The van der Waals surface area contributed by atoms with Gasteiger partial charge < -0.3 is 14.3 Å². The number of esters is 1. The second kappa shape index (κ2) is 4.20. The van der Waals surface area contributed by atoms with E-state index in [0.717, 1.165) is 0 Å². The first-order valence-corrected chi connectivity index (χ1v) is 6.45. The van der Waals surface area contributed by atoms with Crippen molar-refractivity contribution in [2.24, 2.45) is 11.3 Å². The molecular formula is C14H16O5. The first kappa shape index (κ1) is 12.4. The Morgan fingerprint density at radius 1 is 1.58 bits per heavy atom. The Hall–Kier alpha value is -1.62. The Balaban J connectivity index is 2.10. The smallest absolute Gasteiger partial charge is 0.320 e. The van der Waals surface area contributed by atoms with Crippen molar-refractivity contribution in [3.05, 3.63) is 24.2 Å². The largest absolute Gasteiger partial charge is 0.469 e. The zero-order chi connectivity index (χ0) is 13.6. The van der Waals surface area contributed by atoms with Crippen LogP contribution in [0.4, 0.5) is 0 Å². The maximum atomic E-state index is 12.5. The minimum Gasteiger partial charge on any atom is -0.469 e. The van der Waals surface area contributed by atoms with E-state index in [4.69, 9.17) is 9.15 Å². The lowest BCUT2D eigenvalue weighted by atomic mass is 9.64. The number of aliphatic hydroxyl groups excluding tert-OH is 1. The minimum absolute atomic E-state index is 0.195. The van der Waals surface area contributed by atoms with Gasteiger partial charge in [-0.15, -0.1) is 0 Å². The van der Waals surface area contributed by atoms with E-state index in [1.54, 1.807) is 12.1 Å². The van der Waals surface area contributed by atoms with Crippen molar-refractivity contribution in [1.82, 2.24) is 0 Å². The van der Waals surface area contributed by atoms with E-state index in [2.05, 4.69) is 0 Å². The van der Waals surface area contributed by atoms with Gasteiger partial charge in [0.2, 0.25) is 0 Å². The van der Waals surface area contributed by atoms with Gasteiger partial charge in [0.15, 0.2) is 5.78 Å². The molecule has 0 amide bonds. The number of furan rings is 1. The molecule has 5 heteroatoms. The molecule has 2 fully saturated rings. The lowest BCUT2D eigenvalue weighted by Crippen LogP contribution is -2.49. The number of carbonyl (C=O) groups excluding carboxylic acids is 2. The van der Waals surface area contributed by atoms with Gasteiger partial charge in [-0.1, -0.05) is 0 Å². The zero-order valence-electron chi connectivity index (χ0n) is 10.7. The fraction of sp³-hybridized carbons (Fsp3) is 0.571. The molecule has 2 aliphatic carbocycles. The van der Waals surface area contributed by atoms with Crippen LogP contribution in [0.5, 0.6) is 0 Å². The zero-order valence-corrected chi connectivity index (χ0v) is 10.7. The van der Waals surface area contributed by atoms with Crippen LogP contribution in [0.15, 0.2) is 22.8 Å². The highest BCUT2D eigenvalue weighted by Crippen LogP contribution is 2.56. The van der Waals surface area contributed by atoms with Crippen molar-refractivity contribution >= 4 is 11.8 Å². The first-order chi connectivity index (χ1) is 9.11. The van der Waals surface area contributed by atoms with Crippen LogP contribution in [0.3, 0.4) is 0 Å². The quantitative estimate of drug-likeness (QED) is 0.643. The Bertz CT molecular complexity index is 506. The van der Waals surface area contributed by atoms with E-state index in [9.17, 15) is 14.7 Å². The Labute approximate surface area is 110 Å². The van der Waals surface area contributed by atoms with Crippen LogP contribution in [-0.2, 0) is 14.3 Å². The van der Waals surface area contributed by atoms with Crippen LogP contribution in [0.25, 0.3) is 0 Å². The van der Waals surface area contributed by atoms with Crippen molar-refractivity contribution in [2.75, 3.05) is 7.11 Å². The summed E-state index contributed by atoms with van der Waals surface area (Å²) in [6.07, 6.45) is 2.12. The molecule has 0 saturated heterocycles. The highest BCUT2D eigenvalue weighted by Gasteiger charge is 2.64. The number of hydrogen-bond acceptors (Lipinski definition) is 5. The molecule has 3 rings (SSSR count). The summed E-state index contributed by atoms with van der Waals surface area (Å²) in [5.74, 6) is -1.01. The molecule has 5 nitrogen and oxygen atoms in total. The summed E-state index contributed by atoms with van der Waals surface area (Å²) < 4.78 is 10.2. The maximum absolute atomic E-state index is 12.5. The predicted octanol–water partition coefficient (Wildman–Crippen LogP) is 1.27. The maximum Gasteiger partial charge on any atom is 0.320 e. The average molecular weight is 264 g/mol. The summed E-state index contributed by atoms with van der Waals surface area (Å²) in [6.45, 7) is 0. The second-order valence-corrected chi connectivity index (χ2v) is 5.34. The molecule has 0 aliphatic heterocycles. The third-order valence-corrected chi connectivity index (χ3v) is 4.60. The molecule has 19 heavy (non-hydrogen) atoms. The van der Waals surface area contributed by atoms with Gasteiger partial charge in [0, 0.05) is 11.8 Å². The fourth-order valence-electron chi connectivity index (χ4n) is 3.66. The van der Waals surface area contributed by atoms with Crippen LogP contribution in [0.1, 0.15) is 30.9 Å². The third kappa shape index (κ3) is 1.51. The molecule has 4 atom stereocenters. The molecule has 1 N–H and O–H groups in total. The summed E-state index contributed by atoms with van der Waals surface area (Å²) in [5.41, 5.74) is -1.17. The molecule has 0 spiro atoms. The molecule has 2 bridgehead atoms. The molecule has 0 radical (unpaired) electrons. The summed E-state index contributed by atoms with van der Waals surface area (Å²) in [7, 11) is 1.29. The highest BCUT2D eigenvalue weighted by molar-refractivity contribution is 6.08. The first-order valence-electron chi connectivity index (χ1n) is 6.45. The number of ether oxygens (including phenoxy) is 1.